The van der Waals surface area contributed by atoms with Crippen LogP contribution in [-0.4, -0.2) is 23.2 Å². The maximum absolute atomic E-state index is 10.9. The highest BCUT2D eigenvalue weighted by Gasteiger charge is 2.09. The third-order valence-corrected chi connectivity index (χ3v) is 4.38. The van der Waals surface area contributed by atoms with E-state index in [0.717, 1.165) is 28.0 Å². The molecule has 0 aliphatic carbocycles. The van der Waals surface area contributed by atoms with Crippen LogP contribution in [0.25, 0.3) is 34.7 Å². The molecule has 3 aromatic carbocycles. The van der Waals surface area contributed by atoms with Crippen molar-refractivity contribution in [1.82, 2.24) is 4.98 Å². The molecule has 4 rings (SSSR count). The number of fused-ring (bicyclic) bond motifs is 1. The molecule has 1 heterocycles. The number of nitrogens with zero attached hydrogens (tertiary/aromatic N) is 1. The van der Waals surface area contributed by atoms with Gasteiger partial charge in [0, 0.05) is 11.6 Å². The molecule has 0 spiro atoms. The summed E-state index contributed by atoms with van der Waals surface area (Å²) < 4.78 is 11.0. The largest absolute Gasteiger partial charge is 0.497 e. The lowest BCUT2D eigenvalue weighted by atomic mass is 10.1. The fourth-order valence-corrected chi connectivity index (χ4v) is 2.82. The van der Waals surface area contributed by atoms with Crippen LogP contribution in [0.3, 0.4) is 0 Å². The molecule has 0 aliphatic heterocycles. The van der Waals surface area contributed by atoms with Crippen LogP contribution in [0.15, 0.2) is 71.1 Å². The van der Waals surface area contributed by atoms with E-state index in [0.29, 0.717) is 11.5 Å². The first-order valence-corrected chi connectivity index (χ1v) is 8.69. The Balaban J connectivity index is 1.52. The minimum Gasteiger partial charge on any atom is -0.497 e. The van der Waals surface area contributed by atoms with Crippen molar-refractivity contribution in [2.75, 3.05) is 7.11 Å². The van der Waals surface area contributed by atoms with Gasteiger partial charge in [0.25, 0.3) is 0 Å². The predicted octanol–water partition coefficient (Wildman–Crippen LogP) is 5.37. The first kappa shape index (κ1) is 17.5. The second-order valence-corrected chi connectivity index (χ2v) is 6.24. The lowest BCUT2D eigenvalue weighted by Crippen LogP contribution is -1.94. The van der Waals surface area contributed by atoms with Crippen molar-refractivity contribution in [3.8, 4) is 17.2 Å². The predicted molar refractivity (Wildman–Crippen MR) is 108 cm³/mol. The lowest BCUT2D eigenvalue weighted by molar-refractivity contribution is 0.0697. The van der Waals surface area contributed by atoms with E-state index in [1.165, 1.54) is 0 Å². The molecule has 0 saturated carbocycles. The number of benzene rings is 3. The topological polar surface area (TPSA) is 72.6 Å². The second-order valence-electron chi connectivity index (χ2n) is 6.24. The van der Waals surface area contributed by atoms with Crippen LogP contribution >= 0.6 is 0 Å². The van der Waals surface area contributed by atoms with E-state index < -0.39 is 5.97 Å². The summed E-state index contributed by atoms with van der Waals surface area (Å²) in [4.78, 5) is 15.4. The summed E-state index contributed by atoms with van der Waals surface area (Å²) in [7, 11) is 1.62. The molecule has 5 heteroatoms. The number of rotatable bonds is 5. The van der Waals surface area contributed by atoms with Crippen molar-refractivity contribution in [3.05, 3.63) is 83.4 Å². The number of carboxylic acid groups (broad SMARTS) is 1. The quantitative estimate of drug-likeness (QED) is 0.477. The summed E-state index contributed by atoms with van der Waals surface area (Å²) in [6.07, 6.45) is 3.91. The summed E-state index contributed by atoms with van der Waals surface area (Å²) in [6, 6.07) is 20.1. The van der Waals surface area contributed by atoms with Gasteiger partial charge in [-0.2, -0.15) is 0 Å². The number of aromatic carboxylic acids is 1. The highest BCUT2D eigenvalue weighted by molar-refractivity contribution is 5.88. The monoisotopic (exact) mass is 371 g/mol. The number of oxazole rings is 1. The highest BCUT2D eigenvalue weighted by atomic mass is 16.5. The Labute approximate surface area is 161 Å². The van der Waals surface area contributed by atoms with E-state index in [1.807, 2.05) is 54.6 Å². The maximum atomic E-state index is 10.9. The Morgan fingerprint density at radius 3 is 2.21 bits per heavy atom. The smallest absolute Gasteiger partial charge is 0.335 e. The molecule has 0 amide bonds. The van der Waals surface area contributed by atoms with Crippen molar-refractivity contribution in [2.45, 2.75) is 0 Å². The lowest BCUT2D eigenvalue weighted by Gasteiger charge is -1.98. The third-order valence-electron chi connectivity index (χ3n) is 4.38. The van der Waals surface area contributed by atoms with Crippen LogP contribution in [0.1, 0.15) is 21.5 Å². The molecular formula is C23H17NO4. The second kappa shape index (κ2) is 7.40. The minimum atomic E-state index is -0.927. The number of methoxy groups -OCH3 is 1. The minimum absolute atomic E-state index is 0.275. The number of aromatic nitrogens is 1. The molecule has 0 aliphatic rings. The van der Waals surface area contributed by atoms with E-state index >= 15 is 0 Å². The van der Waals surface area contributed by atoms with Crippen LogP contribution in [0.2, 0.25) is 0 Å². The van der Waals surface area contributed by atoms with Gasteiger partial charge in [-0.3, -0.25) is 0 Å². The standard InChI is InChI=1S/C23H17NO4/c1-27-19-12-13-21-20(14-19)24-22(28-21)17-8-4-15(5-9-17)2-3-16-6-10-18(11-7-16)23(25)26/h2-14H,1H3,(H,25,26). The van der Waals surface area contributed by atoms with Gasteiger partial charge in [0.15, 0.2) is 5.58 Å². The molecule has 0 bridgehead atoms. The number of ether oxygens (including phenoxy) is 1. The summed E-state index contributed by atoms with van der Waals surface area (Å²) in [6.45, 7) is 0. The summed E-state index contributed by atoms with van der Waals surface area (Å²) in [5, 5.41) is 8.94. The van der Waals surface area contributed by atoms with E-state index in [1.54, 1.807) is 31.4 Å². The summed E-state index contributed by atoms with van der Waals surface area (Å²) >= 11 is 0. The van der Waals surface area contributed by atoms with Crippen LogP contribution in [-0.2, 0) is 0 Å². The SMILES string of the molecule is COc1ccc2oc(-c3ccc(C=Cc4ccc(C(=O)O)cc4)cc3)nc2c1. The zero-order valence-corrected chi connectivity index (χ0v) is 15.1. The zero-order valence-electron chi connectivity index (χ0n) is 15.1. The van der Waals surface area contributed by atoms with Gasteiger partial charge in [-0.15, -0.1) is 0 Å². The average molecular weight is 371 g/mol. The normalized spacial score (nSPS) is 11.2. The zero-order chi connectivity index (χ0) is 19.5. The van der Waals surface area contributed by atoms with E-state index in [4.69, 9.17) is 14.3 Å². The molecule has 138 valence electrons. The van der Waals surface area contributed by atoms with Gasteiger partial charge < -0.3 is 14.3 Å². The van der Waals surface area contributed by atoms with E-state index in [2.05, 4.69) is 4.98 Å². The van der Waals surface area contributed by atoms with Crippen molar-refractivity contribution in [3.63, 3.8) is 0 Å². The fraction of sp³-hybridized carbons (Fsp3) is 0.0435. The fourth-order valence-electron chi connectivity index (χ4n) is 2.82. The maximum Gasteiger partial charge on any atom is 0.335 e. The van der Waals surface area contributed by atoms with Crippen LogP contribution in [0.4, 0.5) is 0 Å². The Morgan fingerprint density at radius 1 is 0.964 bits per heavy atom. The van der Waals surface area contributed by atoms with Gasteiger partial charge in [0.1, 0.15) is 11.3 Å². The van der Waals surface area contributed by atoms with Gasteiger partial charge in [-0.1, -0.05) is 36.4 Å². The van der Waals surface area contributed by atoms with Gasteiger partial charge in [-0.25, -0.2) is 9.78 Å². The molecule has 0 fully saturated rings. The summed E-state index contributed by atoms with van der Waals surface area (Å²) in [5.41, 5.74) is 4.58. The van der Waals surface area contributed by atoms with Gasteiger partial charge >= 0.3 is 5.97 Å². The van der Waals surface area contributed by atoms with Crippen molar-refractivity contribution in [2.24, 2.45) is 0 Å². The first-order chi connectivity index (χ1) is 13.6. The molecule has 4 aromatic rings. The summed E-state index contributed by atoms with van der Waals surface area (Å²) in [5.74, 6) is 0.371. The molecule has 5 nitrogen and oxygen atoms in total. The van der Waals surface area contributed by atoms with Gasteiger partial charge in [0.05, 0.1) is 12.7 Å². The molecule has 0 atom stereocenters. The van der Waals surface area contributed by atoms with Gasteiger partial charge in [0.2, 0.25) is 5.89 Å². The van der Waals surface area contributed by atoms with Crippen molar-refractivity contribution in [1.29, 1.82) is 0 Å². The number of carbonyl (C=O) groups is 1. The third kappa shape index (κ3) is 3.64. The van der Waals surface area contributed by atoms with Crippen molar-refractivity contribution >= 4 is 29.2 Å². The number of hydrogen-bond acceptors (Lipinski definition) is 4. The molecular weight excluding hydrogens is 354 g/mol. The Bertz CT molecular complexity index is 1160. The average Bonchev–Trinajstić information content (AvgIpc) is 3.16. The van der Waals surface area contributed by atoms with Crippen molar-refractivity contribution < 1.29 is 19.1 Å². The van der Waals surface area contributed by atoms with E-state index in [9.17, 15) is 4.79 Å². The molecule has 28 heavy (non-hydrogen) atoms. The Morgan fingerprint density at radius 2 is 1.61 bits per heavy atom. The molecule has 1 aromatic heterocycles. The Kier molecular flexibility index (Phi) is 4.64. The number of carboxylic acids is 1. The highest BCUT2D eigenvalue weighted by Crippen LogP contribution is 2.27. The van der Waals surface area contributed by atoms with E-state index in [-0.39, 0.29) is 5.56 Å². The molecule has 0 radical (unpaired) electrons. The Hall–Kier alpha value is -3.86. The van der Waals surface area contributed by atoms with Gasteiger partial charge in [-0.05, 0) is 47.5 Å². The van der Waals surface area contributed by atoms with Crippen LogP contribution < -0.4 is 4.74 Å². The van der Waals surface area contributed by atoms with Crippen LogP contribution in [0.5, 0.6) is 5.75 Å². The molecule has 1 N–H and O–H groups in total. The first-order valence-electron chi connectivity index (χ1n) is 8.69. The number of hydrogen-bond donors (Lipinski definition) is 1. The van der Waals surface area contributed by atoms with Crippen LogP contribution in [0, 0.1) is 0 Å². The molecule has 0 unspecified atom stereocenters. The molecule has 0 saturated heterocycles.